The summed E-state index contributed by atoms with van der Waals surface area (Å²) in [6, 6.07) is 2.15. The second kappa shape index (κ2) is 5.47. The first-order chi connectivity index (χ1) is 7.36. The molecule has 0 amide bonds. The minimum atomic E-state index is -0.116. The molecular weight excluding hydrogens is 204 g/mol. The molecule has 15 heavy (non-hydrogen) atoms. The van der Waals surface area contributed by atoms with Gasteiger partial charge in [0.05, 0.1) is 6.10 Å². The molecule has 0 fully saturated rings. The van der Waals surface area contributed by atoms with E-state index in [2.05, 4.69) is 29.0 Å². The molecule has 2 rings (SSSR count). The third kappa shape index (κ3) is 3.18. The Kier molecular flexibility index (Phi) is 3.98. The second-order valence-electron chi connectivity index (χ2n) is 4.28. The van der Waals surface area contributed by atoms with Gasteiger partial charge < -0.3 is 5.11 Å². The van der Waals surface area contributed by atoms with E-state index >= 15 is 0 Å². The van der Waals surface area contributed by atoms with Crippen LogP contribution >= 0.6 is 11.3 Å². The normalized spacial score (nSPS) is 22.9. The Morgan fingerprint density at radius 1 is 1.47 bits per heavy atom. The summed E-state index contributed by atoms with van der Waals surface area (Å²) in [5, 5.41) is 14.3. The molecule has 0 spiro atoms. The molecule has 1 aromatic heterocycles. The second-order valence-corrected chi connectivity index (χ2v) is 5.06. The van der Waals surface area contributed by atoms with Crippen molar-refractivity contribution in [2.24, 2.45) is 5.92 Å². The monoisotopic (exact) mass is 222 g/mol. The molecule has 1 nitrogen and oxygen atoms in total. The predicted molar refractivity (Wildman–Crippen MR) is 65.1 cm³/mol. The quantitative estimate of drug-likeness (QED) is 0.774. The molecule has 0 radical (unpaired) electrons. The van der Waals surface area contributed by atoms with Crippen molar-refractivity contribution >= 4 is 11.3 Å². The van der Waals surface area contributed by atoms with Gasteiger partial charge in [-0.15, -0.1) is 0 Å². The minimum absolute atomic E-state index is 0.116. The third-order valence-electron chi connectivity index (χ3n) is 3.16. The van der Waals surface area contributed by atoms with Crippen molar-refractivity contribution in [2.75, 3.05) is 0 Å². The predicted octanol–water partition coefficient (Wildman–Crippen LogP) is 3.40. The van der Waals surface area contributed by atoms with Gasteiger partial charge in [-0.2, -0.15) is 11.3 Å². The van der Waals surface area contributed by atoms with Crippen LogP contribution in [0.5, 0.6) is 0 Å². The van der Waals surface area contributed by atoms with Crippen LogP contribution in [-0.2, 0) is 6.42 Å². The van der Waals surface area contributed by atoms with Crippen LogP contribution in [0.15, 0.2) is 29.0 Å². The van der Waals surface area contributed by atoms with Gasteiger partial charge in [0.25, 0.3) is 0 Å². The van der Waals surface area contributed by atoms with Gasteiger partial charge in [0.15, 0.2) is 0 Å². The maximum Gasteiger partial charge on any atom is 0.0574 e. The fourth-order valence-electron chi connectivity index (χ4n) is 2.15. The van der Waals surface area contributed by atoms with E-state index in [4.69, 9.17) is 0 Å². The standard InChI is InChI=1S/C13H18OS/c14-13(12-4-2-1-3-5-12)7-6-11-8-9-15-10-11/h1-2,8-10,12-14H,3-7H2. The fourth-order valence-corrected chi connectivity index (χ4v) is 2.85. The van der Waals surface area contributed by atoms with Crippen LogP contribution < -0.4 is 0 Å². The van der Waals surface area contributed by atoms with Crippen molar-refractivity contribution in [3.63, 3.8) is 0 Å². The van der Waals surface area contributed by atoms with Gasteiger partial charge in [-0.1, -0.05) is 12.2 Å². The minimum Gasteiger partial charge on any atom is -0.393 e. The lowest BCUT2D eigenvalue weighted by Gasteiger charge is -2.23. The number of hydrogen-bond donors (Lipinski definition) is 1. The fraction of sp³-hybridized carbons (Fsp3) is 0.538. The van der Waals surface area contributed by atoms with Crippen molar-refractivity contribution in [2.45, 2.75) is 38.2 Å². The van der Waals surface area contributed by atoms with E-state index in [9.17, 15) is 5.11 Å². The molecule has 0 aliphatic heterocycles. The third-order valence-corrected chi connectivity index (χ3v) is 3.89. The summed E-state index contributed by atoms with van der Waals surface area (Å²) >= 11 is 1.73. The highest BCUT2D eigenvalue weighted by molar-refractivity contribution is 7.07. The summed E-state index contributed by atoms with van der Waals surface area (Å²) < 4.78 is 0. The van der Waals surface area contributed by atoms with Crippen LogP contribution in [0.3, 0.4) is 0 Å². The summed E-state index contributed by atoms with van der Waals surface area (Å²) in [5.41, 5.74) is 1.37. The molecule has 2 atom stereocenters. The Bertz CT molecular complexity index is 302. The van der Waals surface area contributed by atoms with Crippen molar-refractivity contribution in [1.82, 2.24) is 0 Å². The number of thiophene rings is 1. The molecule has 0 bridgehead atoms. The van der Waals surface area contributed by atoms with E-state index in [1.54, 1.807) is 11.3 Å². The Hall–Kier alpha value is -0.600. The lowest BCUT2D eigenvalue weighted by atomic mass is 9.87. The first-order valence-electron chi connectivity index (χ1n) is 5.70. The Morgan fingerprint density at radius 3 is 3.07 bits per heavy atom. The van der Waals surface area contributed by atoms with E-state index < -0.39 is 0 Å². The molecule has 1 aromatic rings. The Morgan fingerprint density at radius 2 is 2.40 bits per heavy atom. The molecule has 1 aliphatic carbocycles. The summed E-state index contributed by atoms with van der Waals surface area (Å²) in [7, 11) is 0. The largest absolute Gasteiger partial charge is 0.393 e. The lowest BCUT2D eigenvalue weighted by molar-refractivity contribution is 0.0938. The highest BCUT2D eigenvalue weighted by atomic mass is 32.1. The number of rotatable bonds is 4. The van der Waals surface area contributed by atoms with E-state index in [-0.39, 0.29) is 6.10 Å². The van der Waals surface area contributed by atoms with Crippen LogP contribution in [0.1, 0.15) is 31.2 Å². The molecule has 2 unspecified atom stereocenters. The van der Waals surface area contributed by atoms with Crippen LogP contribution in [0, 0.1) is 5.92 Å². The van der Waals surface area contributed by atoms with Gasteiger partial charge in [-0.05, 0) is 60.4 Å². The Balaban J connectivity index is 1.76. The zero-order valence-electron chi connectivity index (χ0n) is 8.93. The zero-order valence-corrected chi connectivity index (χ0v) is 9.75. The van der Waals surface area contributed by atoms with Crippen LogP contribution in [0.4, 0.5) is 0 Å². The Labute approximate surface area is 95.5 Å². The van der Waals surface area contributed by atoms with E-state index in [0.717, 1.165) is 32.1 Å². The van der Waals surface area contributed by atoms with E-state index in [1.807, 2.05) is 0 Å². The SMILES string of the molecule is OC(CCc1ccsc1)C1CC=CCC1. The first-order valence-corrected chi connectivity index (χ1v) is 6.64. The maximum atomic E-state index is 10.0. The van der Waals surface area contributed by atoms with Crippen molar-refractivity contribution in [3.05, 3.63) is 34.5 Å². The van der Waals surface area contributed by atoms with Gasteiger partial charge in [0.1, 0.15) is 0 Å². The topological polar surface area (TPSA) is 20.2 Å². The molecule has 0 saturated heterocycles. The summed E-state index contributed by atoms with van der Waals surface area (Å²) in [6.07, 6.45) is 9.60. The summed E-state index contributed by atoms with van der Waals surface area (Å²) in [4.78, 5) is 0. The highest BCUT2D eigenvalue weighted by Crippen LogP contribution is 2.24. The van der Waals surface area contributed by atoms with Gasteiger partial charge in [-0.25, -0.2) is 0 Å². The van der Waals surface area contributed by atoms with Gasteiger partial charge >= 0.3 is 0 Å². The van der Waals surface area contributed by atoms with Gasteiger partial charge in [0, 0.05) is 0 Å². The lowest BCUT2D eigenvalue weighted by Crippen LogP contribution is -2.21. The molecule has 1 heterocycles. The first kappa shape index (κ1) is 10.9. The van der Waals surface area contributed by atoms with Gasteiger partial charge in [-0.3, -0.25) is 0 Å². The molecule has 0 aromatic carbocycles. The summed E-state index contributed by atoms with van der Waals surface area (Å²) in [5.74, 6) is 0.494. The highest BCUT2D eigenvalue weighted by Gasteiger charge is 2.18. The van der Waals surface area contributed by atoms with Crippen molar-refractivity contribution in [1.29, 1.82) is 0 Å². The van der Waals surface area contributed by atoms with Crippen molar-refractivity contribution < 1.29 is 5.11 Å². The molecule has 2 heteroatoms. The number of aryl methyl sites for hydroxylation is 1. The zero-order chi connectivity index (χ0) is 10.5. The molecule has 82 valence electrons. The maximum absolute atomic E-state index is 10.0. The molecule has 1 aliphatic rings. The van der Waals surface area contributed by atoms with E-state index in [0.29, 0.717) is 5.92 Å². The average molecular weight is 222 g/mol. The molecule has 0 saturated carbocycles. The molecule has 1 N–H and O–H groups in total. The van der Waals surface area contributed by atoms with Crippen LogP contribution in [0.25, 0.3) is 0 Å². The van der Waals surface area contributed by atoms with Gasteiger partial charge in [0.2, 0.25) is 0 Å². The molecular formula is C13H18OS. The van der Waals surface area contributed by atoms with Crippen molar-refractivity contribution in [3.8, 4) is 0 Å². The number of allylic oxidation sites excluding steroid dienone is 2. The number of aliphatic hydroxyl groups is 1. The van der Waals surface area contributed by atoms with E-state index in [1.165, 1.54) is 5.56 Å². The van der Waals surface area contributed by atoms with Crippen LogP contribution in [0.2, 0.25) is 0 Å². The average Bonchev–Trinajstić information content (AvgIpc) is 2.80. The summed E-state index contributed by atoms with van der Waals surface area (Å²) in [6.45, 7) is 0. The number of hydrogen-bond acceptors (Lipinski definition) is 2. The van der Waals surface area contributed by atoms with Crippen LogP contribution in [-0.4, -0.2) is 11.2 Å². The number of aliphatic hydroxyl groups excluding tert-OH is 1. The smallest absolute Gasteiger partial charge is 0.0574 e.